The molecule has 0 aliphatic carbocycles. The van der Waals surface area contributed by atoms with Gasteiger partial charge in [-0.15, -0.1) is 0 Å². The van der Waals surface area contributed by atoms with E-state index in [1.165, 1.54) is 0 Å². The largest absolute Gasteiger partial charge is 0.497 e. The first kappa shape index (κ1) is 12.5. The van der Waals surface area contributed by atoms with Gasteiger partial charge in [0.05, 0.1) is 13.2 Å². The second-order valence-corrected chi connectivity index (χ2v) is 4.67. The molecule has 2 aromatic rings. The van der Waals surface area contributed by atoms with Crippen LogP contribution in [0.1, 0.15) is 28.5 Å². The van der Waals surface area contributed by atoms with Gasteiger partial charge in [0.25, 0.3) is 0 Å². The number of rotatable bonds is 3. The summed E-state index contributed by atoms with van der Waals surface area (Å²) >= 11 is 0. The summed E-state index contributed by atoms with van der Waals surface area (Å²) in [6, 6.07) is 9.37. The lowest BCUT2D eigenvalue weighted by Gasteiger charge is -2.26. The highest BCUT2D eigenvalue weighted by Gasteiger charge is 2.25. The van der Waals surface area contributed by atoms with E-state index in [0.29, 0.717) is 0 Å². The van der Waals surface area contributed by atoms with E-state index in [9.17, 15) is 4.79 Å². The molecule has 1 atom stereocenters. The summed E-state index contributed by atoms with van der Waals surface area (Å²) in [5.74, 6) is 0.507. The SMILES string of the molecule is COc1cccc(C2CCNc3cc(C(=O)O)nn32)c1. The molecule has 0 saturated heterocycles. The van der Waals surface area contributed by atoms with Gasteiger partial charge in [-0.1, -0.05) is 12.1 Å². The Hall–Kier alpha value is -2.50. The van der Waals surface area contributed by atoms with E-state index < -0.39 is 5.97 Å². The number of ether oxygens (including phenoxy) is 1. The monoisotopic (exact) mass is 273 g/mol. The van der Waals surface area contributed by atoms with Gasteiger partial charge >= 0.3 is 5.97 Å². The maximum atomic E-state index is 11.0. The normalized spacial score (nSPS) is 17.1. The number of carboxylic acid groups (broad SMARTS) is 1. The number of nitrogens with zero attached hydrogens (tertiary/aromatic N) is 2. The zero-order valence-electron chi connectivity index (χ0n) is 11.0. The van der Waals surface area contributed by atoms with Crippen molar-refractivity contribution in [2.24, 2.45) is 0 Å². The Morgan fingerprint density at radius 2 is 2.35 bits per heavy atom. The molecular formula is C14H15N3O3. The Bertz CT molecular complexity index is 651. The average Bonchev–Trinajstić information content (AvgIpc) is 2.91. The second kappa shape index (κ2) is 4.88. The Kier molecular flexibility index (Phi) is 3.06. The van der Waals surface area contributed by atoms with Crippen molar-refractivity contribution in [2.45, 2.75) is 12.5 Å². The smallest absolute Gasteiger partial charge is 0.356 e. The van der Waals surface area contributed by atoms with Gasteiger partial charge in [0.2, 0.25) is 0 Å². The number of nitrogens with one attached hydrogen (secondary N) is 1. The molecule has 104 valence electrons. The van der Waals surface area contributed by atoms with Crippen molar-refractivity contribution in [3.63, 3.8) is 0 Å². The van der Waals surface area contributed by atoms with Crippen LogP contribution in [0.2, 0.25) is 0 Å². The maximum absolute atomic E-state index is 11.0. The van der Waals surface area contributed by atoms with Crippen LogP contribution < -0.4 is 10.1 Å². The summed E-state index contributed by atoms with van der Waals surface area (Å²) in [4.78, 5) is 11.0. The third-order valence-electron chi connectivity index (χ3n) is 3.45. The fraction of sp³-hybridized carbons (Fsp3) is 0.286. The molecule has 3 rings (SSSR count). The molecule has 0 bridgehead atoms. The summed E-state index contributed by atoms with van der Waals surface area (Å²) in [6.45, 7) is 0.784. The van der Waals surface area contributed by atoms with E-state index >= 15 is 0 Å². The first-order valence-corrected chi connectivity index (χ1v) is 6.39. The molecule has 0 radical (unpaired) electrons. The van der Waals surface area contributed by atoms with E-state index in [0.717, 1.165) is 30.1 Å². The second-order valence-electron chi connectivity index (χ2n) is 4.67. The summed E-state index contributed by atoms with van der Waals surface area (Å²) in [5.41, 5.74) is 1.12. The van der Waals surface area contributed by atoms with Crippen molar-refractivity contribution in [3.8, 4) is 5.75 Å². The van der Waals surface area contributed by atoms with Gasteiger partial charge in [0.1, 0.15) is 11.6 Å². The molecule has 2 heterocycles. The topological polar surface area (TPSA) is 76.4 Å². The third kappa shape index (κ3) is 2.09. The predicted octanol–water partition coefficient (Wildman–Crippen LogP) is 1.99. The number of hydrogen-bond donors (Lipinski definition) is 2. The molecule has 1 unspecified atom stereocenters. The highest BCUT2D eigenvalue weighted by Crippen LogP contribution is 2.31. The summed E-state index contributed by atoms with van der Waals surface area (Å²) < 4.78 is 6.98. The minimum Gasteiger partial charge on any atom is -0.497 e. The lowest BCUT2D eigenvalue weighted by Crippen LogP contribution is -2.24. The molecule has 1 aromatic carbocycles. The minimum absolute atomic E-state index is 0.0226. The minimum atomic E-state index is -1.02. The molecule has 0 spiro atoms. The van der Waals surface area contributed by atoms with Crippen LogP contribution in [-0.2, 0) is 0 Å². The van der Waals surface area contributed by atoms with Crippen LogP contribution in [-0.4, -0.2) is 34.5 Å². The number of fused-ring (bicyclic) bond motifs is 1. The van der Waals surface area contributed by atoms with Gasteiger partial charge in [-0.2, -0.15) is 5.10 Å². The van der Waals surface area contributed by atoms with Crippen molar-refractivity contribution < 1.29 is 14.6 Å². The molecular weight excluding hydrogens is 258 g/mol. The highest BCUT2D eigenvalue weighted by molar-refractivity contribution is 5.86. The number of aromatic nitrogens is 2. The van der Waals surface area contributed by atoms with Gasteiger partial charge in [0.15, 0.2) is 5.69 Å². The first-order valence-electron chi connectivity index (χ1n) is 6.39. The number of carbonyl (C=O) groups is 1. The average molecular weight is 273 g/mol. The summed E-state index contributed by atoms with van der Waals surface area (Å²) in [6.07, 6.45) is 0.848. The van der Waals surface area contributed by atoms with Gasteiger partial charge < -0.3 is 15.2 Å². The molecule has 1 aliphatic rings. The van der Waals surface area contributed by atoms with Gasteiger partial charge in [-0.05, 0) is 24.1 Å². The van der Waals surface area contributed by atoms with Crippen molar-refractivity contribution in [1.82, 2.24) is 9.78 Å². The zero-order chi connectivity index (χ0) is 14.1. The van der Waals surface area contributed by atoms with Crippen LogP contribution in [0.3, 0.4) is 0 Å². The van der Waals surface area contributed by atoms with Crippen LogP contribution in [0.4, 0.5) is 5.82 Å². The molecule has 0 saturated carbocycles. The number of carboxylic acids is 1. The molecule has 6 heteroatoms. The van der Waals surface area contributed by atoms with Crippen LogP contribution in [0, 0.1) is 0 Å². The number of benzene rings is 1. The Morgan fingerprint density at radius 3 is 3.10 bits per heavy atom. The Morgan fingerprint density at radius 1 is 1.50 bits per heavy atom. The van der Waals surface area contributed by atoms with E-state index in [-0.39, 0.29) is 11.7 Å². The van der Waals surface area contributed by atoms with E-state index in [1.807, 2.05) is 24.3 Å². The Labute approximate surface area is 116 Å². The molecule has 1 aromatic heterocycles. The van der Waals surface area contributed by atoms with Crippen molar-refractivity contribution >= 4 is 11.8 Å². The summed E-state index contributed by atoms with van der Waals surface area (Å²) in [5, 5.41) is 16.4. The Balaban J connectivity index is 2.02. The lowest BCUT2D eigenvalue weighted by molar-refractivity contribution is 0.0689. The van der Waals surface area contributed by atoms with Crippen LogP contribution >= 0.6 is 0 Å². The maximum Gasteiger partial charge on any atom is 0.356 e. The number of methoxy groups -OCH3 is 1. The van der Waals surface area contributed by atoms with Gasteiger partial charge in [-0.25, -0.2) is 9.48 Å². The fourth-order valence-corrected chi connectivity index (χ4v) is 2.48. The molecule has 20 heavy (non-hydrogen) atoms. The van der Waals surface area contributed by atoms with Crippen molar-refractivity contribution in [1.29, 1.82) is 0 Å². The van der Waals surface area contributed by atoms with Crippen LogP contribution in [0.25, 0.3) is 0 Å². The van der Waals surface area contributed by atoms with Gasteiger partial charge in [-0.3, -0.25) is 0 Å². The molecule has 6 nitrogen and oxygen atoms in total. The fourth-order valence-electron chi connectivity index (χ4n) is 2.48. The van der Waals surface area contributed by atoms with E-state index in [2.05, 4.69) is 10.4 Å². The molecule has 1 aliphatic heterocycles. The molecule has 0 amide bonds. The first-order chi connectivity index (χ1) is 9.69. The number of aromatic carboxylic acids is 1. The van der Waals surface area contributed by atoms with Crippen molar-refractivity contribution in [2.75, 3.05) is 19.0 Å². The predicted molar refractivity (Wildman–Crippen MR) is 73.4 cm³/mol. The zero-order valence-corrected chi connectivity index (χ0v) is 11.0. The number of anilines is 1. The molecule has 0 fully saturated rings. The third-order valence-corrected chi connectivity index (χ3v) is 3.45. The van der Waals surface area contributed by atoms with Crippen molar-refractivity contribution in [3.05, 3.63) is 41.6 Å². The van der Waals surface area contributed by atoms with Gasteiger partial charge in [0, 0.05) is 12.6 Å². The number of hydrogen-bond acceptors (Lipinski definition) is 4. The van der Waals surface area contributed by atoms with Crippen LogP contribution in [0.15, 0.2) is 30.3 Å². The van der Waals surface area contributed by atoms with E-state index in [4.69, 9.17) is 9.84 Å². The molecule has 2 N–H and O–H groups in total. The quantitative estimate of drug-likeness (QED) is 0.894. The standard InChI is InChI=1S/C14H15N3O3/c1-20-10-4-2-3-9(7-10)12-5-6-15-13-8-11(14(18)19)16-17(12)13/h2-4,7-8,12,15H,5-6H2,1H3,(H,18,19). The highest BCUT2D eigenvalue weighted by atomic mass is 16.5. The van der Waals surface area contributed by atoms with Crippen LogP contribution in [0.5, 0.6) is 5.75 Å². The lowest BCUT2D eigenvalue weighted by atomic mass is 10.0. The summed E-state index contributed by atoms with van der Waals surface area (Å²) in [7, 11) is 1.63. The van der Waals surface area contributed by atoms with E-state index in [1.54, 1.807) is 17.9 Å².